The molecule has 1 heteroatoms. The zero-order valence-electron chi connectivity index (χ0n) is 4.65. The zero-order valence-corrected chi connectivity index (χ0v) is 5.65. The normalized spacial score (nSPS) is 10.6. The maximum absolute atomic E-state index is 2.23. The summed E-state index contributed by atoms with van der Waals surface area (Å²) in [5.41, 5.74) is 1.46. The van der Waals surface area contributed by atoms with Gasteiger partial charge < -0.3 is 0 Å². The van der Waals surface area contributed by atoms with Crippen LogP contribution in [-0.2, 0) is 0 Å². The second-order valence-electron chi connectivity index (χ2n) is 1.79. The minimum absolute atomic E-state index is 0.962. The summed E-state index contributed by atoms with van der Waals surface area (Å²) in [5.74, 6) is 2.23. The second kappa shape index (κ2) is 1.71. The van der Waals surface area contributed by atoms with Crippen LogP contribution in [0.5, 0.6) is 0 Å². The summed E-state index contributed by atoms with van der Waals surface area (Å²) in [6.07, 6.45) is 0. The van der Waals surface area contributed by atoms with Gasteiger partial charge in [-0.05, 0) is 30.5 Å². The Bertz CT molecular complexity index is 136. The first-order valence-corrected chi connectivity index (χ1v) is 3.49. The molecule has 1 unspecified atom stereocenters. The first-order valence-electron chi connectivity index (χ1n) is 2.41. The van der Waals surface area contributed by atoms with Crippen molar-refractivity contribution in [3.63, 3.8) is 0 Å². The average molecular weight is 112 g/mol. The Balaban J connectivity index is 3.12. The highest BCUT2D eigenvalue weighted by molar-refractivity contribution is 7.30. The monoisotopic (exact) mass is 112 g/mol. The van der Waals surface area contributed by atoms with E-state index >= 15 is 0 Å². The van der Waals surface area contributed by atoms with Gasteiger partial charge in [-0.25, -0.2) is 0 Å². The fraction of sp³-hybridized carbons (Fsp3) is 0.333. The van der Waals surface area contributed by atoms with Gasteiger partial charge in [0.1, 0.15) is 0 Å². The summed E-state index contributed by atoms with van der Waals surface area (Å²) >= 11 is 0. The van der Waals surface area contributed by atoms with E-state index in [1.165, 1.54) is 5.56 Å². The van der Waals surface area contributed by atoms with Crippen molar-refractivity contribution >= 4 is 8.19 Å². The predicted octanol–water partition coefficient (Wildman–Crippen LogP) is 2.33. The highest BCUT2D eigenvalue weighted by atomic mass is 31.0. The highest BCUT2D eigenvalue weighted by Crippen LogP contribution is 2.17. The third-order valence-electron chi connectivity index (χ3n) is 1.22. The smallest absolute Gasteiger partial charge is 0.0315 e. The van der Waals surface area contributed by atoms with Crippen LogP contribution in [-0.4, -0.2) is 0 Å². The van der Waals surface area contributed by atoms with E-state index < -0.39 is 0 Å². The van der Waals surface area contributed by atoms with Crippen molar-refractivity contribution in [3.8, 4) is 0 Å². The molecule has 1 atom stereocenters. The molecule has 1 rings (SSSR count). The minimum atomic E-state index is 0.962. The maximum atomic E-state index is 2.23. The second-order valence-corrected chi connectivity index (χ2v) is 3.16. The van der Waals surface area contributed by atoms with E-state index in [0.717, 1.165) is 8.19 Å². The summed E-state index contributed by atoms with van der Waals surface area (Å²) in [7, 11) is 0.962. The lowest BCUT2D eigenvalue weighted by Gasteiger charge is -1.81. The molecule has 38 valence electrons. The summed E-state index contributed by atoms with van der Waals surface area (Å²) in [5, 5.41) is 1.54. The van der Waals surface area contributed by atoms with Crippen molar-refractivity contribution in [1.29, 1.82) is 0 Å². The third-order valence-corrected chi connectivity index (χ3v) is 2.39. The van der Waals surface area contributed by atoms with Gasteiger partial charge in [-0.2, -0.15) is 0 Å². The third kappa shape index (κ3) is 0.863. The Hall–Kier alpha value is -0.220. The summed E-state index contributed by atoms with van der Waals surface area (Å²) in [6, 6.07) is 2.19. The topological polar surface area (TPSA) is 0 Å². The molecule has 0 aliphatic heterocycles. The van der Waals surface area contributed by atoms with Crippen LogP contribution in [0.3, 0.4) is 0 Å². The van der Waals surface area contributed by atoms with Crippen LogP contribution in [0, 0.1) is 13.8 Å². The van der Waals surface area contributed by atoms with Crippen molar-refractivity contribution in [2.75, 3.05) is 0 Å². The molecule has 1 heterocycles. The van der Waals surface area contributed by atoms with E-state index in [4.69, 9.17) is 0 Å². The van der Waals surface area contributed by atoms with Gasteiger partial charge in [0.15, 0.2) is 0 Å². The molecule has 0 amide bonds. The Labute approximate surface area is 45.6 Å². The molecule has 0 spiro atoms. The van der Waals surface area contributed by atoms with Gasteiger partial charge in [-0.15, -0.1) is 8.19 Å². The molecule has 0 aliphatic rings. The Morgan fingerprint density at radius 2 is 2.14 bits per heavy atom. The Morgan fingerprint density at radius 1 is 1.43 bits per heavy atom. The van der Waals surface area contributed by atoms with Crippen LogP contribution < -0.4 is 0 Å². The van der Waals surface area contributed by atoms with Crippen LogP contribution in [0.1, 0.15) is 10.9 Å². The molecule has 1 aromatic rings. The van der Waals surface area contributed by atoms with Crippen molar-refractivity contribution in [2.24, 2.45) is 0 Å². The van der Waals surface area contributed by atoms with Crippen LogP contribution in [0.15, 0.2) is 11.9 Å². The summed E-state index contributed by atoms with van der Waals surface area (Å²) < 4.78 is 0. The molecule has 7 heavy (non-hydrogen) atoms. The minimum Gasteiger partial charge on any atom is -0.137 e. The van der Waals surface area contributed by atoms with Crippen LogP contribution in [0.25, 0.3) is 0 Å². The van der Waals surface area contributed by atoms with Gasteiger partial charge in [0.2, 0.25) is 0 Å². The lowest BCUT2D eigenvalue weighted by molar-refractivity contribution is 1.44. The van der Waals surface area contributed by atoms with Crippen molar-refractivity contribution in [1.82, 2.24) is 0 Å². The molecule has 0 saturated carbocycles. The Kier molecular flexibility index (Phi) is 1.21. The van der Waals surface area contributed by atoms with E-state index in [-0.39, 0.29) is 0 Å². The lowest BCUT2D eigenvalue weighted by Crippen LogP contribution is -1.61. The molecule has 0 fully saturated rings. The number of aryl methyl sites for hydroxylation is 2. The van der Waals surface area contributed by atoms with Crippen LogP contribution >= 0.6 is 8.19 Å². The number of hydrogen-bond donors (Lipinski definition) is 0. The fourth-order valence-corrected chi connectivity index (χ4v) is 1.42. The first kappa shape index (κ1) is 4.93. The molecule has 1 aromatic heterocycles. The standard InChI is InChI=1S/C6H9P/c1-5-3-4-7-6(5)2/h3-4,7H,1-2H3. The largest absolute Gasteiger partial charge is 0.137 e. The van der Waals surface area contributed by atoms with Gasteiger partial charge in [-0.3, -0.25) is 0 Å². The van der Waals surface area contributed by atoms with Gasteiger partial charge in [-0.1, -0.05) is 6.07 Å². The predicted molar refractivity (Wildman–Crippen MR) is 35.4 cm³/mol. The molecule has 0 aliphatic carbocycles. The molecular formula is C6H9P. The van der Waals surface area contributed by atoms with E-state index in [2.05, 4.69) is 25.7 Å². The lowest BCUT2D eigenvalue weighted by atomic mass is 10.3. The van der Waals surface area contributed by atoms with Gasteiger partial charge >= 0.3 is 0 Å². The molecular weight excluding hydrogens is 103 g/mol. The van der Waals surface area contributed by atoms with Crippen LogP contribution in [0.4, 0.5) is 0 Å². The fourth-order valence-electron chi connectivity index (χ4n) is 0.531. The SMILES string of the molecule is Cc1cc[pH]c1C. The zero-order chi connectivity index (χ0) is 5.28. The Morgan fingerprint density at radius 3 is 2.29 bits per heavy atom. The summed E-state index contributed by atoms with van der Waals surface area (Å²) in [4.78, 5) is 0. The van der Waals surface area contributed by atoms with Crippen LogP contribution in [0.2, 0.25) is 0 Å². The number of rotatable bonds is 0. The van der Waals surface area contributed by atoms with Gasteiger partial charge in [0.05, 0.1) is 0 Å². The van der Waals surface area contributed by atoms with E-state index in [1.54, 1.807) is 5.30 Å². The van der Waals surface area contributed by atoms with Gasteiger partial charge in [0.25, 0.3) is 0 Å². The van der Waals surface area contributed by atoms with Crippen molar-refractivity contribution in [3.05, 3.63) is 22.7 Å². The van der Waals surface area contributed by atoms with Crippen molar-refractivity contribution in [2.45, 2.75) is 13.8 Å². The van der Waals surface area contributed by atoms with Gasteiger partial charge in [0, 0.05) is 0 Å². The van der Waals surface area contributed by atoms with E-state index in [0.29, 0.717) is 0 Å². The molecule has 0 radical (unpaired) electrons. The summed E-state index contributed by atoms with van der Waals surface area (Å²) in [6.45, 7) is 4.35. The number of hydrogen-bond acceptors (Lipinski definition) is 0. The molecule has 0 aromatic carbocycles. The van der Waals surface area contributed by atoms with E-state index in [1.807, 2.05) is 0 Å². The molecule has 0 N–H and O–H groups in total. The molecule has 0 bridgehead atoms. The van der Waals surface area contributed by atoms with Crippen molar-refractivity contribution < 1.29 is 0 Å². The first-order chi connectivity index (χ1) is 3.30. The molecule has 0 saturated heterocycles. The van der Waals surface area contributed by atoms with E-state index in [9.17, 15) is 0 Å². The quantitative estimate of drug-likeness (QED) is 0.483. The maximum Gasteiger partial charge on any atom is -0.0315 e. The average Bonchev–Trinajstić information content (AvgIpc) is 1.91. The highest BCUT2D eigenvalue weighted by Gasteiger charge is 1.85. The molecule has 0 nitrogen and oxygen atoms in total.